The average molecular weight is 315 g/mol. The van der Waals surface area contributed by atoms with Gasteiger partial charge in [0, 0.05) is 31.5 Å². The Morgan fingerprint density at radius 2 is 2.00 bits per heavy atom. The summed E-state index contributed by atoms with van der Waals surface area (Å²) < 4.78 is 1.86. The van der Waals surface area contributed by atoms with Crippen LogP contribution in [0.3, 0.4) is 0 Å². The summed E-state index contributed by atoms with van der Waals surface area (Å²) in [7, 11) is 0. The van der Waals surface area contributed by atoms with E-state index < -0.39 is 0 Å². The van der Waals surface area contributed by atoms with Crippen molar-refractivity contribution in [3.63, 3.8) is 0 Å². The maximum absolute atomic E-state index is 12.0. The van der Waals surface area contributed by atoms with Crippen molar-refractivity contribution in [3.8, 4) is 5.82 Å². The Morgan fingerprint density at radius 1 is 1.26 bits per heavy atom. The smallest absolute Gasteiger partial charge is 0.317 e. The molecule has 0 aliphatic heterocycles. The standard InChI is InChI=1S/C17H25N5O/c1-5-21(6-2)17(23)19-12-10-15-13(3)20-22(14(15)4)16-9-7-8-11-18-16/h7-9,11H,5-6,10,12H2,1-4H3,(H,19,23). The Labute approximate surface area is 137 Å². The van der Waals surface area contributed by atoms with Crippen LogP contribution in [-0.2, 0) is 6.42 Å². The van der Waals surface area contributed by atoms with E-state index in [1.54, 1.807) is 11.1 Å². The Hall–Kier alpha value is -2.37. The molecule has 0 fully saturated rings. The van der Waals surface area contributed by atoms with Gasteiger partial charge in [0.05, 0.1) is 5.69 Å². The molecule has 124 valence electrons. The van der Waals surface area contributed by atoms with E-state index in [0.717, 1.165) is 42.3 Å². The number of carbonyl (C=O) groups excluding carboxylic acids is 1. The van der Waals surface area contributed by atoms with Crippen LogP contribution in [0.25, 0.3) is 5.82 Å². The largest absolute Gasteiger partial charge is 0.338 e. The van der Waals surface area contributed by atoms with Gasteiger partial charge in [-0.15, -0.1) is 0 Å². The molecule has 0 aliphatic rings. The van der Waals surface area contributed by atoms with Gasteiger partial charge in [0.15, 0.2) is 5.82 Å². The number of aromatic nitrogens is 3. The van der Waals surface area contributed by atoms with Gasteiger partial charge in [-0.3, -0.25) is 0 Å². The fraction of sp³-hybridized carbons (Fsp3) is 0.471. The second-order valence-electron chi connectivity index (χ2n) is 5.40. The summed E-state index contributed by atoms with van der Waals surface area (Å²) in [4.78, 5) is 18.1. The van der Waals surface area contributed by atoms with Crippen LogP contribution in [0.1, 0.15) is 30.8 Å². The Morgan fingerprint density at radius 3 is 2.61 bits per heavy atom. The topological polar surface area (TPSA) is 63.1 Å². The number of amides is 2. The Balaban J connectivity index is 2.04. The molecule has 0 aliphatic carbocycles. The van der Waals surface area contributed by atoms with E-state index >= 15 is 0 Å². The molecule has 6 nitrogen and oxygen atoms in total. The molecule has 0 radical (unpaired) electrons. The third-order valence-corrected chi connectivity index (χ3v) is 4.01. The summed E-state index contributed by atoms with van der Waals surface area (Å²) >= 11 is 0. The maximum atomic E-state index is 12.0. The van der Waals surface area contributed by atoms with Crippen LogP contribution in [0.15, 0.2) is 24.4 Å². The molecule has 6 heteroatoms. The highest BCUT2D eigenvalue weighted by Crippen LogP contribution is 2.16. The highest BCUT2D eigenvalue weighted by Gasteiger charge is 2.14. The Bertz CT molecular complexity index is 647. The molecule has 2 aromatic heterocycles. The second-order valence-corrected chi connectivity index (χ2v) is 5.40. The van der Waals surface area contributed by atoms with Crippen molar-refractivity contribution in [2.75, 3.05) is 19.6 Å². The lowest BCUT2D eigenvalue weighted by molar-refractivity contribution is 0.203. The molecule has 0 bridgehead atoms. The zero-order chi connectivity index (χ0) is 16.8. The molecule has 0 unspecified atom stereocenters. The fourth-order valence-electron chi connectivity index (χ4n) is 2.66. The minimum absolute atomic E-state index is 0.0116. The molecule has 0 saturated carbocycles. The number of hydrogen-bond donors (Lipinski definition) is 1. The number of aryl methyl sites for hydroxylation is 1. The zero-order valence-corrected chi connectivity index (χ0v) is 14.3. The third kappa shape index (κ3) is 3.88. The minimum atomic E-state index is -0.0116. The van der Waals surface area contributed by atoms with Crippen molar-refractivity contribution in [3.05, 3.63) is 41.3 Å². The third-order valence-electron chi connectivity index (χ3n) is 4.01. The molecule has 23 heavy (non-hydrogen) atoms. The highest BCUT2D eigenvalue weighted by molar-refractivity contribution is 5.74. The van der Waals surface area contributed by atoms with Gasteiger partial charge in [0.25, 0.3) is 0 Å². The van der Waals surface area contributed by atoms with Crippen LogP contribution in [0, 0.1) is 13.8 Å². The number of urea groups is 1. The van der Waals surface area contributed by atoms with Crippen LogP contribution in [0.4, 0.5) is 4.79 Å². The van der Waals surface area contributed by atoms with E-state index in [2.05, 4.69) is 15.4 Å². The number of rotatable bonds is 6. The fourth-order valence-corrected chi connectivity index (χ4v) is 2.66. The van der Waals surface area contributed by atoms with Gasteiger partial charge < -0.3 is 10.2 Å². The number of nitrogens with zero attached hydrogens (tertiary/aromatic N) is 4. The summed E-state index contributed by atoms with van der Waals surface area (Å²) in [5.41, 5.74) is 3.21. The van der Waals surface area contributed by atoms with E-state index in [-0.39, 0.29) is 6.03 Å². The van der Waals surface area contributed by atoms with Crippen molar-refractivity contribution in [2.24, 2.45) is 0 Å². The lowest BCUT2D eigenvalue weighted by Crippen LogP contribution is -2.40. The number of pyridine rings is 1. The predicted octanol–water partition coefficient (Wildman–Crippen LogP) is 2.48. The molecule has 0 spiro atoms. The lowest BCUT2D eigenvalue weighted by atomic mass is 10.1. The Kier molecular flexibility index (Phi) is 5.73. The molecule has 0 saturated heterocycles. The van der Waals surface area contributed by atoms with Crippen molar-refractivity contribution in [1.29, 1.82) is 0 Å². The van der Waals surface area contributed by atoms with Crippen molar-refractivity contribution >= 4 is 6.03 Å². The lowest BCUT2D eigenvalue weighted by Gasteiger charge is -2.19. The summed E-state index contributed by atoms with van der Waals surface area (Å²) in [5, 5.41) is 7.55. The first-order chi connectivity index (χ1) is 11.1. The monoisotopic (exact) mass is 315 g/mol. The molecule has 0 atom stereocenters. The van der Waals surface area contributed by atoms with E-state index in [4.69, 9.17) is 0 Å². The van der Waals surface area contributed by atoms with Gasteiger partial charge in [0.2, 0.25) is 0 Å². The maximum Gasteiger partial charge on any atom is 0.317 e. The zero-order valence-electron chi connectivity index (χ0n) is 14.3. The second kappa shape index (κ2) is 7.76. The normalized spacial score (nSPS) is 10.6. The van der Waals surface area contributed by atoms with Gasteiger partial charge in [-0.2, -0.15) is 5.10 Å². The molecule has 0 aromatic carbocycles. The first-order valence-electron chi connectivity index (χ1n) is 8.07. The molecule has 2 amide bonds. The van der Waals surface area contributed by atoms with Crippen LogP contribution >= 0.6 is 0 Å². The molecular formula is C17H25N5O. The van der Waals surface area contributed by atoms with E-state index in [1.165, 1.54) is 0 Å². The molecule has 2 rings (SSSR count). The first-order valence-corrected chi connectivity index (χ1v) is 8.07. The predicted molar refractivity (Wildman–Crippen MR) is 90.9 cm³/mol. The van der Waals surface area contributed by atoms with E-state index in [9.17, 15) is 4.79 Å². The van der Waals surface area contributed by atoms with Gasteiger partial charge in [-0.05, 0) is 51.8 Å². The average Bonchev–Trinajstić information content (AvgIpc) is 2.85. The van der Waals surface area contributed by atoms with Crippen molar-refractivity contribution < 1.29 is 4.79 Å². The summed E-state index contributed by atoms with van der Waals surface area (Å²) in [6.45, 7) is 10.0. The van der Waals surface area contributed by atoms with Gasteiger partial charge in [-0.25, -0.2) is 14.5 Å². The van der Waals surface area contributed by atoms with E-state index in [1.807, 2.05) is 50.6 Å². The van der Waals surface area contributed by atoms with Crippen LogP contribution in [0.2, 0.25) is 0 Å². The quantitative estimate of drug-likeness (QED) is 0.891. The summed E-state index contributed by atoms with van der Waals surface area (Å²) in [6.07, 6.45) is 2.52. The summed E-state index contributed by atoms with van der Waals surface area (Å²) in [5.74, 6) is 0.812. The SMILES string of the molecule is CCN(CC)C(=O)NCCc1c(C)nn(-c2ccccn2)c1C. The minimum Gasteiger partial charge on any atom is -0.338 e. The first kappa shape index (κ1) is 17.0. The number of carbonyl (C=O) groups is 1. The molecule has 2 heterocycles. The summed E-state index contributed by atoms with van der Waals surface area (Å²) in [6, 6.07) is 5.76. The molecule has 1 N–H and O–H groups in total. The molecule has 2 aromatic rings. The highest BCUT2D eigenvalue weighted by atomic mass is 16.2. The van der Waals surface area contributed by atoms with Crippen LogP contribution in [0.5, 0.6) is 0 Å². The van der Waals surface area contributed by atoms with Gasteiger partial charge in [0.1, 0.15) is 0 Å². The van der Waals surface area contributed by atoms with Crippen molar-refractivity contribution in [2.45, 2.75) is 34.1 Å². The van der Waals surface area contributed by atoms with Crippen molar-refractivity contribution in [1.82, 2.24) is 25.0 Å². The number of nitrogens with one attached hydrogen (secondary N) is 1. The number of hydrogen-bond acceptors (Lipinski definition) is 3. The van der Waals surface area contributed by atoms with E-state index in [0.29, 0.717) is 6.54 Å². The van der Waals surface area contributed by atoms with Gasteiger partial charge in [-0.1, -0.05) is 6.07 Å². The van der Waals surface area contributed by atoms with Crippen LogP contribution < -0.4 is 5.32 Å². The van der Waals surface area contributed by atoms with Crippen LogP contribution in [-0.4, -0.2) is 45.3 Å². The van der Waals surface area contributed by atoms with Gasteiger partial charge >= 0.3 is 6.03 Å². The molecular weight excluding hydrogens is 290 g/mol.